The Morgan fingerprint density at radius 3 is 2.76 bits per heavy atom. The summed E-state index contributed by atoms with van der Waals surface area (Å²) in [5.74, 6) is -1.20. The third-order valence-electron chi connectivity index (χ3n) is 2.49. The van der Waals surface area contributed by atoms with E-state index in [0.717, 1.165) is 12.1 Å². The van der Waals surface area contributed by atoms with Crippen molar-refractivity contribution < 1.29 is 14.3 Å². The summed E-state index contributed by atoms with van der Waals surface area (Å²) in [5, 5.41) is 9.52. The van der Waals surface area contributed by atoms with E-state index in [2.05, 4.69) is 0 Å². The van der Waals surface area contributed by atoms with Gasteiger partial charge in [-0.1, -0.05) is 0 Å². The normalized spacial score (nSPS) is 10.3. The van der Waals surface area contributed by atoms with Crippen LogP contribution in [0.25, 0.3) is 0 Å². The fraction of sp³-hybridized carbons (Fsp3) is 0.417. The molecule has 0 unspecified atom stereocenters. The Kier molecular flexibility index (Phi) is 4.90. The largest absolute Gasteiger partial charge is 0.507 e. The van der Waals surface area contributed by atoms with E-state index in [1.54, 1.807) is 4.90 Å². The SMILES string of the molecule is CCN(CCCN)C(=O)c1ccc(F)cc1O. The second kappa shape index (κ2) is 6.20. The van der Waals surface area contributed by atoms with E-state index in [1.807, 2.05) is 6.92 Å². The number of amides is 1. The number of nitrogens with two attached hydrogens (primary N) is 1. The van der Waals surface area contributed by atoms with Crippen LogP contribution in [-0.2, 0) is 0 Å². The molecule has 1 aromatic rings. The number of carbonyl (C=O) groups is 1. The number of phenols is 1. The van der Waals surface area contributed by atoms with Gasteiger partial charge in [0.05, 0.1) is 5.56 Å². The van der Waals surface area contributed by atoms with E-state index in [0.29, 0.717) is 26.1 Å². The zero-order valence-electron chi connectivity index (χ0n) is 9.82. The number of carbonyl (C=O) groups excluding carboxylic acids is 1. The fourth-order valence-corrected chi connectivity index (χ4v) is 1.54. The van der Waals surface area contributed by atoms with Crippen molar-refractivity contribution in [3.63, 3.8) is 0 Å². The van der Waals surface area contributed by atoms with Crippen molar-refractivity contribution in [2.75, 3.05) is 19.6 Å². The average Bonchev–Trinajstić information content (AvgIpc) is 2.29. The van der Waals surface area contributed by atoms with E-state index >= 15 is 0 Å². The number of halogens is 1. The molecule has 0 atom stereocenters. The number of hydrogen-bond acceptors (Lipinski definition) is 3. The smallest absolute Gasteiger partial charge is 0.257 e. The second-order valence-electron chi connectivity index (χ2n) is 3.69. The highest BCUT2D eigenvalue weighted by atomic mass is 19.1. The van der Waals surface area contributed by atoms with Crippen LogP contribution in [0.4, 0.5) is 4.39 Å². The first-order valence-electron chi connectivity index (χ1n) is 5.58. The lowest BCUT2D eigenvalue weighted by atomic mass is 10.1. The third kappa shape index (κ3) is 3.42. The maximum Gasteiger partial charge on any atom is 0.257 e. The molecule has 3 N–H and O–H groups in total. The number of hydrogen-bond donors (Lipinski definition) is 2. The van der Waals surface area contributed by atoms with Gasteiger partial charge in [0, 0.05) is 19.2 Å². The van der Waals surface area contributed by atoms with Crippen molar-refractivity contribution in [1.82, 2.24) is 4.90 Å². The molecule has 17 heavy (non-hydrogen) atoms. The Hall–Kier alpha value is -1.62. The van der Waals surface area contributed by atoms with Crippen LogP contribution in [0.3, 0.4) is 0 Å². The number of rotatable bonds is 5. The molecule has 94 valence electrons. The average molecular weight is 240 g/mol. The summed E-state index contributed by atoms with van der Waals surface area (Å²) in [6.45, 7) is 3.40. The molecule has 5 heteroatoms. The first kappa shape index (κ1) is 13.4. The fourth-order valence-electron chi connectivity index (χ4n) is 1.54. The Bertz CT molecular complexity index is 396. The molecule has 1 rings (SSSR count). The minimum absolute atomic E-state index is 0.116. The summed E-state index contributed by atoms with van der Waals surface area (Å²) in [6, 6.07) is 3.38. The van der Waals surface area contributed by atoms with Crippen LogP contribution in [-0.4, -0.2) is 35.5 Å². The lowest BCUT2D eigenvalue weighted by Gasteiger charge is -2.21. The predicted molar refractivity (Wildman–Crippen MR) is 63.3 cm³/mol. The summed E-state index contributed by atoms with van der Waals surface area (Å²) in [5.41, 5.74) is 5.50. The van der Waals surface area contributed by atoms with Crippen LogP contribution in [0, 0.1) is 5.82 Å². The zero-order valence-corrected chi connectivity index (χ0v) is 9.82. The third-order valence-corrected chi connectivity index (χ3v) is 2.49. The number of phenolic OH excluding ortho intramolecular Hbond substituents is 1. The van der Waals surface area contributed by atoms with Gasteiger partial charge in [0.15, 0.2) is 0 Å². The van der Waals surface area contributed by atoms with Crippen molar-refractivity contribution in [3.05, 3.63) is 29.6 Å². The van der Waals surface area contributed by atoms with Crippen LogP contribution < -0.4 is 5.73 Å². The summed E-state index contributed by atoms with van der Waals surface area (Å²) in [4.78, 5) is 13.6. The lowest BCUT2D eigenvalue weighted by molar-refractivity contribution is 0.0760. The molecule has 0 saturated heterocycles. The Morgan fingerprint density at radius 1 is 1.53 bits per heavy atom. The molecule has 0 heterocycles. The standard InChI is InChI=1S/C12H17FN2O2/c1-2-15(7-3-6-14)12(17)10-5-4-9(13)8-11(10)16/h4-5,8,16H,2-3,6-7,14H2,1H3. The number of aromatic hydroxyl groups is 1. The van der Waals surface area contributed by atoms with Gasteiger partial charge in [-0.25, -0.2) is 4.39 Å². The van der Waals surface area contributed by atoms with Crippen molar-refractivity contribution >= 4 is 5.91 Å². The van der Waals surface area contributed by atoms with Crippen LogP contribution >= 0.6 is 0 Å². The van der Waals surface area contributed by atoms with Crippen LogP contribution in [0.15, 0.2) is 18.2 Å². The van der Waals surface area contributed by atoms with Gasteiger partial charge in [-0.3, -0.25) is 4.79 Å². The van der Waals surface area contributed by atoms with Crippen molar-refractivity contribution in [2.45, 2.75) is 13.3 Å². The molecule has 1 amide bonds. The minimum Gasteiger partial charge on any atom is -0.507 e. The van der Waals surface area contributed by atoms with E-state index in [1.165, 1.54) is 6.07 Å². The topological polar surface area (TPSA) is 66.6 Å². The van der Waals surface area contributed by atoms with Crippen LogP contribution in [0.5, 0.6) is 5.75 Å². The van der Waals surface area contributed by atoms with Crippen molar-refractivity contribution in [2.24, 2.45) is 5.73 Å². The highest BCUT2D eigenvalue weighted by Crippen LogP contribution is 2.19. The Morgan fingerprint density at radius 2 is 2.24 bits per heavy atom. The summed E-state index contributed by atoms with van der Waals surface area (Å²) in [7, 11) is 0. The molecule has 0 aliphatic carbocycles. The summed E-state index contributed by atoms with van der Waals surface area (Å²) >= 11 is 0. The van der Waals surface area contributed by atoms with E-state index in [4.69, 9.17) is 5.73 Å². The van der Waals surface area contributed by atoms with Gasteiger partial charge in [0.1, 0.15) is 11.6 Å². The van der Waals surface area contributed by atoms with Gasteiger partial charge < -0.3 is 15.7 Å². The van der Waals surface area contributed by atoms with Gasteiger partial charge >= 0.3 is 0 Å². The molecular weight excluding hydrogens is 223 g/mol. The molecule has 0 bridgehead atoms. The van der Waals surface area contributed by atoms with E-state index in [-0.39, 0.29) is 17.2 Å². The molecule has 0 spiro atoms. The van der Waals surface area contributed by atoms with Crippen LogP contribution in [0.2, 0.25) is 0 Å². The monoisotopic (exact) mass is 240 g/mol. The van der Waals surface area contributed by atoms with Gasteiger partial charge in [0.25, 0.3) is 5.91 Å². The minimum atomic E-state index is -0.566. The van der Waals surface area contributed by atoms with Gasteiger partial charge in [0.2, 0.25) is 0 Å². The molecule has 0 aliphatic heterocycles. The maximum atomic E-state index is 12.8. The molecule has 0 fully saturated rings. The molecule has 0 radical (unpaired) electrons. The molecule has 0 aliphatic rings. The number of benzene rings is 1. The Labute approximate surface area is 99.8 Å². The van der Waals surface area contributed by atoms with Crippen molar-refractivity contribution in [3.8, 4) is 5.75 Å². The highest BCUT2D eigenvalue weighted by Gasteiger charge is 2.17. The van der Waals surface area contributed by atoms with Gasteiger partial charge in [-0.15, -0.1) is 0 Å². The Balaban J connectivity index is 2.86. The number of nitrogens with zero attached hydrogens (tertiary/aromatic N) is 1. The first-order valence-corrected chi connectivity index (χ1v) is 5.58. The summed E-state index contributed by atoms with van der Waals surface area (Å²) in [6.07, 6.45) is 0.696. The van der Waals surface area contributed by atoms with Crippen molar-refractivity contribution in [1.29, 1.82) is 0 Å². The summed E-state index contributed by atoms with van der Waals surface area (Å²) < 4.78 is 12.8. The quantitative estimate of drug-likeness (QED) is 0.816. The highest BCUT2D eigenvalue weighted by molar-refractivity contribution is 5.96. The van der Waals surface area contributed by atoms with E-state index < -0.39 is 5.82 Å². The second-order valence-corrected chi connectivity index (χ2v) is 3.69. The first-order chi connectivity index (χ1) is 8.10. The van der Waals surface area contributed by atoms with Gasteiger partial charge in [-0.05, 0) is 32.0 Å². The van der Waals surface area contributed by atoms with Crippen LogP contribution in [0.1, 0.15) is 23.7 Å². The molecule has 0 saturated carbocycles. The predicted octanol–water partition coefficient (Wildman–Crippen LogP) is 1.34. The maximum absolute atomic E-state index is 12.8. The molecule has 4 nitrogen and oxygen atoms in total. The molecule has 0 aromatic heterocycles. The lowest BCUT2D eigenvalue weighted by Crippen LogP contribution is -2.32. The molecular formula is C12H17FN2O2. The molecule has 1 aromatic carbocycles. The van der Waals surface area contributed by atoms with E-state index in [9.17, 15) is 14.3 Å². The van der Waals surface area contributed by atoms with Gasteiger partial charge in [-0.2, -0.15) is 0 Å². The zero-order chi connectivity index (χ0) is 12.8.